The Balaban J connectivity index is 1.23. The average Bonchev–Trinajstić information content (AvgIpc) is 3.68. The normalized spacial score (nSPS) is 13.7. The Bertz CT molecular complexity index is 2840. The Labute approximate surface area is 287 Å². The standard InChI is InChI=1S/C43H31N5O2/c1-26-40-41(48(45-26)27-13-5-4-6-14-27)31-23-28(21-22-38(31)50-42(40)49)46-36-20-12-9-17-32(36)43(2,3)33-24-39(44-25-37(33)46)47-34-18-10-7-15-29(34)30-16-8-11-19-35(30)47/h4-25H,1-3H3. The van der Waals surface area contributed by atoms with Crippen LogP contribution >= 0.6 is 0 Å². The van der Waals surface area contributed by atoms with E-state index in [0.717, 1.165) is 56.1 Å². The van der Waals surface area contributed by atoms with Crippen molar-refractivity contribution in [3.05, 3.63) is 161 Å². The highest BCUT2D eigenvalue weighted by Gasteiger charge is 2.38. The summed E-state index contributed by atoms with van der Waals surface area (Å²) in [5, 5.41) is 8.50. The van der Waals surface area contributed by atoms with Crippen LogP contribution in [0.25, 0.3) is 55.2 Å². The summed E-state index contributed by atoms with van der Waals surface area (Å²) in [6, 6.07) is 43.8. The van der Waals surface area contributed by atoms with Gasteiger partial charge in [0.05, 0.1) is 45.5 Å². The fraction of sp³-hybridized carbons (Fsp3) is 0.0930. The minimum atomic E-state index is -0.392. The van der Waals surface area contributed by atoms with Crippen molar-refractivity contribution in [3.63, 3.8) is 0 Å². The molecule has 10 rings (SSSR count). The summed E-state index contributed by atoms with van der Waals surface area (Å²) in [6.45, 7) is 6.43. The maximum absolute atomic E-state index is 13.3. The fourth-order valence-corrected chi connectivity index (χ4v) is 8.02. The Morgan fingerprint density at radius 3 is 2.10 bits per heavy atom. The molecule has 0 N–H and O–H groups in total. The molecular formula is C43H31N5O2. The number of para-hydroxylation sites is 4. The molecule has 5 aromatic carbocycles. The van der Waals surface area contributed by atoms with Crippen molar-refractivity contribution in [1.82, 2.24) is 19.3 Å². The highest BCUT2D eigenvalue weighted by Crippen LogP contribution is 2.52. The first-order valence-electron chi connectivity index (χ1n) is 16.8. The number of fused-ring (bicyclic) bond motifs is 8. The van der Waals surface area contributed by atoms with Gasteiger partial charge in [0.15, 0.2) is 0 Å². The average molecular weight is 650 g/mol. The van der Waals surface area contributed by atoms with Crippen LogP contribution in [0.2, 0.25) is 0 Å². The van der Waals surface area contributed by atoms with Crippen molar-refractivity contribution in [2.45, 2.75) is 26.2 Å². The van der Waals surface area contributed by atoms with Crippen LogP contribution in [0.15, 0.2) is 143 Å². The first-order chi connectivity index (χ1) is 24.4. The first-order valence-corrected chi connectivity index (χ1v) is 16.8. The van der Waals surface area contributed by atoms with Crippen molar-refractivity contribution >= 4 is 60.7 Å². The van der Waals surface area contributed by atoms with E-state index in [1.165, 1.54) is 16.3 Å². The van der Waals surface area contributed by atoms with Gasteiger partial charge in [-0.15, -0.1) is 0 Å². The van der Waals surface area contributed by atoms with Crippen molar-refractivity contribution in [1.29, 1.82) is 0 Å². The molecule has 0 amide bonds. The van der Waals surface area contributed by atoms with E-state index in [-0.39, 0.29) is 5.41 Å². The van der Waals surface area contributed by atoms with Gasteiger partial charge in [-0.25, -0.2) is 14.5 Å². The van der Waals surface area contributed by atoms with Crippen LogP contribution in [-0.2, 0) is 5.41 Å². The lowest BCUT2D eigenvalue weighted by atomic mass is 9.74. The van der Waals surface area contributed by atoms with Crippen LogP contribution in [-0.4, -0.2) is 19.3 Å². The van der Waals surface area contributed by atoms with E-state index in [0.29, 0.717) is 16.7 Å². The maximum Gasteiger partial charge on any atom is 0.347 e. The minimum Gasteiger partial charge on any atom is -0.422 e. The molecule has 0 spiro atoms. The zero-order valence-electron chi connectivity index (χ0n) is 27.8. The molecule has 1 aliphatic heterocycles. The number of aromatic nitrogens is 4. The highest BCUT2D eigenvalue weighted by atomic mass is 16.4. The Hall–Kier alpha value is -6.47. The lowest BCUT2D eigenvalue weighted by Crippen LogP contribution is -2.31. The van der Waals surface area contributed by atoms with E-state index in [9.17, 15) is 4.79 Å². The van der Waals surface area contributed by atoms with Crippen molar-refractivity contribution < 1.29 is 4.42 Å². The van der Waals surface area contributed by atoms with Crippen LogP contribution in [0.4, 0.5) is 17.1 Å². The van der Waals surface area contributed by atoms with Gasteiger partial charge in [0.1, 0.15) is 16.8 Å². The lowest BCUT2D eigenvalue weighted by Gasteiger charge is -2.42. The van der Waals surface area contributed by atoms with E-state index in [1.807, 2.05) is 60.3 Å². The molecule has 0 radical (unpaired) electrons. The van der Waals surface area contributed by atoms with Gasteiger partial charge in [-0.1, -0.05) is 86.6 Å². The number of benzene rings is 5. The molecule has 0 saturated carbocycles. The molecule has 5 heterocycles. The Morgan fingerprint density at radius 1 is 0.660 bits per heavy atom. The largest absolute Gasteiger partial charge is 0.422 e. The molecule has 9 aromatic rings. The molecule has 0 fully saturated rings. The van der Waals surface area contributed by atoms with Crippen LogP contribution < -0.4 is 10.5 Å². The van der Waals surface area contributed by atoms with Crippen LogP contribution in [0, 0.1) is 6.92 Å². The second-order valence-corrected chi connectivity index (χ2v) is 13.5. The summed E-state index contributed by atoms with van der Waals surface area (Å²) in [6.07, 6.45) is 2.01. The second-order valence-electron chi connectivity index (χ2n) is 13.5. The molecule has 1 aliphatic rings. The third-order valence-corrected chi connectivity index (χ3v) is 10.4. The van der Waals surface area contributed by atoms with E-state index >= 15 is 0 Å². The molecule has 0 saturated heterocycles. The van der Waals surface area contributed by atoms with E-state index in [2.05, 4.69) is 108 Å². The molecule has 240 valence electrons. The van der Waals surface area contributed by atoms with Crippen LogP contribution in [0.1, 0.15) is 30.7 Å². The number of nitrogens with zero attached hydrogens (tertiary/aromatic N) is 5. The van der Waals surface area contributed by atoms with Gasteiger partial charge in [-0.3, -0.25) is 4.57 Å². The molecule has 50 heavy (non-hydrogen) atoms. The molecule has 7 nitrogen and oxygen atoms in total. The number of rotatable bonds is 3. The summed E-state index contributed by atoms with van der Waals surface area (Å²) in [5.74, 6) is 0.873. The number of pyridine rings is 1. The Kier molecular flexibility index (Phi) is 5.86. The van der Waals surface area contributed by atoms with Gasteiger partial charge in [-0.2, -0.15) is 5.10 Å². The van der Waals surface area contributed by atoms with E-state index in [1.54, 1.807) is 0 Å². The van der Waals surface area contributed by atoms with Gasteiger partial charge in [0, 0.05) is 27.3 Å². The lowest BCUT2D eigenvalue weighted by molar-refractivity contribution is 0.569. The quantitative estimate of drug-likeness (QED) is 0.178. The predicted octanol–water partition coefficient (Wildman–Crippen LogP) is 10.0. The van der Waals surface area contributed by atoms with Gasteiger partial charge in [-0.05, 0) is 72.6 Å². The summed E-state index contributed by atoms with van der Waals surface area (Å²) < 4.78 is 10.0. The molecular weight excluding hydrogens is 619 g/mol. The third kappa shape index (κ3) is 3.88. The van der Waals surface area contributed by atoms with Crippen molar-refractivity contribution in [2.75, 3.05) is 4.90 Å². The number of hydrogen-bond acceptors (Lipinski definition) is 5. The molecule has 4 aromatic heterocycles. The predicted molar refractivity (Wildman–Crippen MR) is 201 cm³/mol. The number of hydrogen-bond donors (Lipinski definition) is 0. The smallest absolute Gasteiger partial charge is 0.347 e. The van der Waals surface area contributed by atoms with Crippen molar-refractivity contribution in [3.8, 4) is 11.5 Å². The number of aryl methyl sites for hydroxylation is 1. The van der Waals surface area contributed by atoms with Gasteiger partial charge in [0.25, 0.3) is 0 Å². The zero-order valence-corrected chi connectivity index (χ0v) is 27.8. The maximum atomic E-state index is 13.3. The molecule has 7 heteroatoms. The zero-order chi connectivity index (χ0) is 33.7. The Morgan fingerprint density at radius 2 is 1.34 bits per heavy atom. The van der Waals surface area contributed by atoms with Gasteiger partial charge in [0.2, 0.25) is 0 Å². The molecule has 0 atom stereocenters. The highest BCUT2D eigenvalue weighted by molar-refractivity contribution is 6.09. The minimum absolute atomic E-state index is 0.321. The summed E-state index contributed by atoms with van der Waals surface area (Å²) in [7, 11) is 0. The SMILES string of the molecule is Cc1nn(-c2ccccc2)c2c1c(=O)oc1ccc(N3c4ccccc4C(C)(C)c4cc(-n5c6ccccc6c6ccccc65)ncc43)cc12. The first kappa shape index (κ1) is 28.5. The summed E-state index contributed by atoms with van der Waals surface area (Å²) in [5.41, 5.74) is 9.66. The van der Waals surface area contributed by atoms with Crippen LogP contribution in [0.5, 0.6) is 0 Å². The fourth-order valence-electron chi connectivity index (χ4n) is 8.02. The third-order valence-electron chi connectivity index (χ3n) is 10.4. The number of anilines is 3. The van der Waals surface area contributed by atoms with E-state index in [4.69, 9.17) is 14.5 Å². The van der Waals surface area contributed by atoms with Crippen LogP contribution in [0.3, 0.4) is 0 Å². The summed E-state index contributed by atoms with van der Waals surface area (Å²) >= 11 is 0. The van der Waals surface area contributed by atoms with E-state index < -0.39 is 5.63 Å². The molecule has 0 unspecified atom stereocenters. The second kappa shape index (κ2) is 10.3. The molecule has 0 aliphatic carbocycles. The molecule has 0 bridgehead atoms. The summed E-state index contributed by atoms with van der Waals surface area (Å²) in [4.78, 5) is 20.8. The topological polar surface area (TPSA) is 69.1 Å². The monoisotopic (exact) mass is 649 g/mol. The van der Waals surface area contributed by atoms with Gasteiger partial charge >= 0.3 is 5.63 Å². The van der Waals surface area contributed by atoms with Crippen molar-refractivity contribution in [2.24, 2.45) is 0 Å². The van der Waals surface area contributed by atoms with Gasteiger partial charge < -0.3 is 9.32 Å².